The Balaban J connectivity index is 1.67. The number of hydrogen-bond acceptors (Lipinski definition) is 7. The molecule has 8 nitrogen and oxygen atoms in total. The number of nitrogens with zero attached hydrogens (tertiary/aromatic N) is 5. The number of aromatic amines is 1. The third-order valence-electron chi connectivity index (χ3n) is 3.99. The van der Waals surface area contributed by atoms with Gasteiger partial charge >= 0.3 is 0 Å². The van der Waals surface area contributed by atoms with Crippen LogP contribution in [0.2, 0.25) is 0 Å². The van der Waals surface area contributed by atoms with E-state index in [4.69, 9.17) is 4.42 Å². The fourth-order valence-electron chi connectivity index (χ4n) is 2.80. The highest BCUT2D eigenvalue weighted by Crippen LogP contribution is 2.28. The van der Waals surface area contributed by atoms with Crippen molar-refractivity contribution in [3.05, 3.63) is 54.8 Å². The van der Waals surface area contributed by atoms with Crippen LogP contribution in [0.25, 0.3) is 33.8 Å². The number of furan rings is 1. The van der Waals surface area contributed by atoms with Gasteiger partial charge in [0.2, 0.25) is 0 Å². The lowest BCUT2D eigenvalue weighted by molar-refractivity contribution is 0.616. The quantitative estimate of drug-likeness (QED) is 0.515. The number of fused-ring (bicyclic) bond motifs is 2. The molecule has 0 radical (unpaired) electrons. The highest BCUT2D eigenvalue weighted by atomic mass is 16.3. The van der Waals surface area contributed by atoms with Crippen LogP contribution < -0.4 is 5.32 Å². The highest BCUT2D eigenvalue weighted by Gasteiger charge is 2.14. The molecule has 0 bridgehead atoms. The van der Waals surface area contributed by atoms with Crippen molar-refractivity contribution in [1.82, 2.24) is 29.9 Å². The first-order valence-electron chi connectivity index (χ1n) is 8.02. The Kier molecular flexibility index (Phi) is 3.14. The summed E-state index contributed by atoms with van der Waals surface area (Å²) in [4.78, 5) is 25.3. The number of imidazole rings is 1. The van der Waals surface area contributed by atoms with Crippen LogP contribution in [0.15, 0.2) is 53.5 Å². The molecule has 26 heavy (non-hydrogen) atoms. The molecule has 0 saturated carbocycles. The van der Waals surface area contributed by atoms with E-state index >= 15 is 0 Å². The van der Waals surface area contributed by atoms with Crippen LogP contribution in [0.3, 0.4) is 0 Å². The Bertz CT molecular complexity index is 1240. The van der Waals surface area contributed by atoms with Crippen LogP contribution >= 0.6 is 0 Å². The third kappa shape index (κ3) is 2.35. The van der Waals surface area contributed by atoms with Crippen molar-refractivity contribution in [1.29, 1.82) is 0 Å². The summed E-state index contributed by atoms with van der Waals surface area (Å²) in [6, 6.07) is 9.39. The van der Waals surface area contributed by atoms with E-state index in [1.807, 2.05) is 37.3 Å². The number of rotatable bonds is 3. The summed E-state index contributed by atoms with van der Waals surface area (Å²) in [5, 5.41) is 3.29. The number of aromatic nitrogens is 6. The minimum absolute atomic E-state index is 0.512. The second-order valence-corrected chi connectivity index (χ2v) is 5.78. The van der Waals surface area contributed by atoms with Gasteiger partial charge in [0.1, 0.15) is 11.2 Å². The van der Waals surface area contributed by atoms with Crippen LogP contribution in [0.1, 0.15) is 5.69 Å². The number of pyridine rings is 2. The van der Waals surface area contributed by atoms with E-state index < -0.39 is 0 Å². The molecule has 0 spiro atoms. The normalized spacial score (nSPS) is 11.3. The van der Waals surface area contributed by atoms with Gasteiger partial charge in [0.05, 0.1) is 18.3 Å². The number of nitrogens with one attached hydrogen (secondary N) is 2. The Morgan fingerprint density at radius 2 is 2.00 bits per heavy atom. The summed E-state index contributed by atoms with van der Waals surface area (Å²) in [6.45, 7) is 1.93. The molecule has 0 saturated heterocycles. The molecule has 0 aliphatic carbocycles. The molecule has 0 amide bonds. The SMILES string of the molecule is Cc1cccc(-c2nc(Nc3ccnc4ccoc34)c3nc[nH]c3n2)n1. The van der Waals surface area contributed by atoms with Crippen molar-refractivity contribution < 1.29 is 4.42 Å². The third-order valence-corrected chi connectivity index (χ3v) is 3.99. The topological polar surface area (TPSA) is 105 Å². The van der Waals surface area contributed by atoms with E-state index in [1.165, 1.54) is 0 Å². The highest BCUT2D eigenvalue weighted by molar-refractivity contribution is 5.92. The lowest BCUT2D eigenvalue weighted by Crippen LogP contribution is -2.01. The second-order valence-electron chi connectivity index (χ2n) is 5.78. The van der Waals surface area contributed by atoms with Gasteiger partial charge in [0.25, 0.3) is 0 Å². The van der Waals surface area contributed by atoms with Gasteiger partial charge in [-0.25, -0.2) is 19.9 Å². The predicted octanol–water partition coefficient (Wildman–Crippen LogP) is 3.61. The smallest absolute Gasteiger partial charge is 0.182 e. The van der Waals surface area contributed by atoms with E-state index in [1.54, 1.807) is 18.8 Å². The number of hydrogen-bond donors (Lipinski definition) is 2. The molecule has 0 unspecified atom stereocenters. The lowest BCUT2D eigenvalue weighted by atomic mass is 10.3. The van der Waals surface area contributed by atoms with Crippen LogP contribution in [0.5, 0.6) is 0 Å². The van der Waals surface area contributed by atoms with Crippen molar-refractivity contribution >= 4 is 33.8 Å². The van der Waals surface area contributed by atoms with Crippen molar-refractivity contribution in [2.75, 3.05) is 5.32 Å². The average molecular weight is 343 g/mol. The lowest BCUT2D eigenvalue weighted by Gasteiger charge is -2.08. The Morgan fingerprint density at radius 3 is 2.92 bits per heavy atom. The fourth-order valence-corrected chi connectivity index (χ4v) is 2.80. The van der Waals surface area contributed by atoms with Crippen LogP contribution in [-0.4, -0.2) is 29.9 Å². The average Bonchev–Trinajstić information content (AvgIpc) is 3.31. The van der Waals surface area contributed by atoms with Gasteiger partial charge in [-0.05, 0) is 25.1 Å². The zero-order chi connectivity index (χ0) is 17.5. The summed E-state index contributed by atoms with van der Waals surface area (Å²) in [5.41, 5.74) is 5.04. The molecule has 0 aliphatic rings. The second kappa shape index (κ2) is 5.62. The summed E-state index contributed by atoms with van der Waals surface area (Å²) in [7, 11) is 0. The molecule has 5 rings (SSSR count). The predicted molar refractivity (Wildman–Crippen MR) is 96.9 cm³/mol. The summed E-state index contributed by atoms with van der Waals surface area (Å²) < 4.78 is 5.54. The molecule has 8 heteroatoms. The van der Waals surface area contributed by atoms with Crippen molar-refractivity contribution in [2.45, 2.75) is 6.92 Å². The fraction of sp³-hybridized carbons (Fsp3) is 0.0556. The van der Waals surface area contributed by atoms with Gasteiger partial charge in [-0.1, -0.05) is 6.07 Å². The molecule has 0 atom stereocenters. The molecular formula is C18H13N7O. The van der Waals surface area contributed by atoms with E-state index in [0.29, 0.717) is 34.1 Å². The monoisotopic (exact) mass is 343 g/mol. The van der Waals surface area contributed by atoms with Gasteiger partial charge in [-0.15, -0.1) is 0 Å². The van der Waals surface area contributed by atoms with Gasteiger partial charge in [0, 0.05) is 18.0 Å². The summed E-state index contributed by atoms with van der Waals surface area (Å²) >= 11 is 0. The molecule has 5 aromatic heterocycles. The maximum absolute atomic E-state index is 5.54. The molecule has 0 aromatic carbocycles. The molecule has 0 aliphatic heterocycles. The molecule has 5 heterocycles. The Morgan fingerprint density at radius 1 is 1.04 bits per heavy atom. The first kappa shape index (κ1) is 14.5. The van der Waals surface area contributed by atoms with Crippen molar-refractivity contribution in [3.8, 4) is 11.5 Å². The standard InChI is InChI=1S/C18H13N7O/c1-10-3-2-4-13(22-10)16-24-17-14(20-9-21-17)18(25-16)23-12-5-7-19-11-6-8-26-15(11)12/h2-9H,1H3,(H2,19,20,21,23,24,25). The maximum Gasteiger partial charge on any atom is 0.182 e. The molecule has 126 valence electrons. The van der Waals surface area contributed by atoms with Crippen LogP contribution in [0, 0.1) is 6.92 Å². The van der Waals surface area contributed by atoms with Crippen molar-refractivity contribution in [2.24, 2.45) is 0 Å². The number of H-pyrrole nitrogens is 1. The van der Waals surface area contributed by atoms with Gasteiger partial charge in [0.15, 0.2) is 28.4 Å². The van der Waals surface area contributed by atoms with Crippen LogP contribution in [0.4, 0.5) is 11.5 Å². The summed E-state index contributed by atoms with van der Waals surface area (Å²) in [5.74, 6) is 1.08. The first-order chi connectivity index (χ1) is 12.8. The van der Waals surface area contributed by atoms with E-state index in [-0.39, 0.29) is 0 Å². The molecule has 2 N–H and O–H groups in total. The Labute approximate surface area is 147 Å². The van der Waals surface area contributed by atoms with Gasteiger partial charge in [-0.3, -0.25) is 4.98 Å². The van der Waals surface area contributed by atoms with Crippen molar-refractivity contribution in [3.63, 3.8) is 0 Å². The maximum atomic E-state index is 5.54. The molecular weight excluding hydrogens is 330 g/mol. The zero-order valence-corrected chi connectivity index (χ0v) is 13.8. The minimum Gasteiger partial charge on any atom is -0.460 e. The van der Waals surface area contributed by atoms with E-state index in [9.17, 15) is 0 Å². The minimum atomic E-state index is 0.512. The zero-order valence-electron chi connectivity index (χ0n) is 13.8. The summed E-state index contributed by atoms with van der Waals surface area (Å²) in [6.07, 6.45) is 4.91. The van der Waals surface area contributed by atoms with Gasteiger partial charge < -0.3 is 14.7 Å². The van der Waals surface area contributed by atoms with Crippen LogP contribution in [-0.2, 0) is 0 Å². The van der Waals surface area contributed by atoms with Gasteiger partial charge in [-0.2, -0.15) is 0 Å². The Hall–Kier alpha value is -3.81. The molecule has 0 fully saturated rings. The van der Waals surface area contributed by atoms with E-state index in [2.05, 4.69) is 35.2 Å². The largest absolute Gasteiger partial charge is 0.460 e. The number of anilines is 2. The molecule has 5 aromatic rings. The first-order valence-corrected chi connectivity index (χ1v) is 8.02. The number of aryl methyl sites for hydroxylation is 1. The van der Waals surface area contributed by atoms with E-state index in [0.717, 1.165) is 16.9 Å².